The topological polar surface area (TPSA) is 37.6 Å². The lowest BCUT2D eigenvalue weighted by molar-refractivity contribution is -0.00722. The summed E-state index contributed by atoms with van der Waals surface area (Å²) >= 11 is 0. The van der Waals surface area contributed by atoms with Gasteiger partial charge in [-0.25, -0.2) is 0 Å². The van der Waals surface area contributed by atoms with Gasteiger partial charge in [-0.2, -0.15) is 0 Å². The summed E-state index contributed by atoms with van der Waals surface area (Å²) in [6.45, 7) is 8.78. The van der Waals surface area contributed by atoms with Crippen molar-refractivity contribution in [2.75, 3.05) is 19.8 Å². The number of nitrogens with zero attached hydrogens (tertiary/aromatic N) is 1. The quantitative estimate of drug-likeness (QED) is 0.883. The third-order valence-corrected chi connectivity index (χ3v) is 4.06. The Hall–Kier alpha value is -0.840. The normalized spacial score (nSPS) is 24.8. The lowest BCUT2D eigenvalue weighted by Gasteiger charge is -2.32. The first-order chi connectivity index (χ1) is 9.22. The average molecular weight is 264 g/mol. The number of nitrogens with one attached hydrogen (secondary N) is 1. The second kappa shape index (κ2) is 5.65. The lowest BCUT2D eigenvalue weighted by Crippen LogP contribution is -2.42. The molecule has 106 valence electrons. The zero-order valence-electron chi connectivity index (χ0n) is 11.9. The predicted octanol–water partition coefficient (Wildman–Crippen LogP) is 2.06. The number of furan rings is 1. The minimum absolute atomic E-state index is 0.479. The van der Waals surface area contributed by atoms with Gasteiger partial charge in [-0.3, -0.25) is 4.90 Å². The molecule has 0 spiro atoms. The molecule has 0 aromatic carbocycles. The smallest absolute Gasteiger partial charge is 0.120 e. The predicted molar refractivity (Wildman–Crippen MR) is 74.0 cm³/mol. The fourth-order valence-corrected chi connectivity index (χ4v) is 2.56. The van der Waals surface area contributed by atoms with Crippen LogP contribution in [0.25, 0.3) is 0 Å². The summed E-state index contributed by atoms with van der Waals surface area (Å²) in [6.07, 6.45) is 2.63. The Labute approximate surface area is 115 Å². The standard InChI is InChI=1S/C15H24N2O2/c1-11-7-14(9-17-5-6-18-10-12(17)2)19-15(11)8-16-13-3-4-13/h7,12-13,16H,3-6,8-10H2,1-2H3. The van der Waals surface area contributed by atoms with Crippen LogP contribution < -0.4 is 5.32 Å². The van der Waals surface area contributed by atoms with Crippen molar-refractivity contribution in [3.63, 3.8) is 0 Å². The molecule has 1 aliphatic heterocycles. The van der Waals surface area contributed by atoms with Gasteiger partial charge < -0.3 is 14.5 Å². The van der Waals surface area contributed by atoms with Crippen LogP contribution in [-0.4, -0.2) is 36.7 Å². The third-order valence-electron chi connectivity index (χ3n) is 4.06. The summed E-state index contributed by atoms with van der Waals surface area (Å²) < 4.78 is 11.5. The Balaban J connectivity index is 1.58. The first kappa shape index (κ1) is 13.2. The highest BCUT2D eigenvalue weighted by Crippen LogP contribution is 2.22. The highest BCUT2D eigenvalue weighted by molar-refractivity contribution is 5.20. The second-order valence-electron chi connectivity index (χ2n) is 5.87. The summed E-state index contributed by atoms with van der Waals surface area (Å²) in [6, 6.07) is 3.39. The zero-order chi connectivity index (χ0) is 13.2. The Morgan fingerprint density at radius 1 is 1.42 bits per heavy atom. The number of aryl methyl sites for hydroxylation is 1. The van der Waals surface area contributed by atoms with Crippen molar-refractivity contribution in [2.24, 2.45) is 0 Å². The molecule has 1 aromatic rings. The maximum atomic E-state index is 6.00. The number of hydrogen-bond donors (Lipinski definition) is 1. The molecule has 1 aromatic heterocycles. The molecule has 19 heavy (non-hydrogen) atoms. The fraction of sp³-hybridized carbons (Fsp3) is 0.733. The molecule has 2 fully saturated rings. The molecule has 1 unspecified atom stereocenters. The van der Waals surface area contributed by atoms with Crippen molar-refractivity contribution in [1.82, 2.24) is 10.2 Å². The maximum absolute atomic E-state index is 6.00. The van der Waals surface area contributed by atoms with Crippen molar-refractivity contribution in [1.29, 1.82) is 0 Å². The average Bonchev–Trinajstić information content (AvgIpc) is 3.15. The first-order valence-electron chi connectivity index (χ1n) is 7.36. The highest BCUT2D eigenvalue weighted by atomic mass is 16.5. The first-order valence-corrected chi connectivity index (χ1v) is 7.36. The van der Waals surface area contributed by atoms with Crippen molar-refractivity contribution < 1.29 is 9.15 Å². The Bertz CT molecular complexity index is 426. The molecule has 1 N–H and O–H groups in total. The number of ether oxygens (including phenoxy) is 1. The summed E-state index contributed by atoms with van der Waals surface area (Å²) in [5.41, 5.74) is 1.27. The van der Waals surface area contributed by atoms with E-state index in [0.29, 0.717) is 6.04 Å². The van der Waals surface area contributed by atoms with Gasteiger partial charge in [0.2, 0.25) is 0 Å². The minimum Gasteiger partial charge on any atom is -0.463 e. The van der Waals surface area contributed by atoms with Crippen LogP contribution in [0.4, 0.5) is 0 Å². The van der Waals surface area contributed by atoms with Crippen LogP contribution >= 0.6 is 0 Å². The highest BCUT2D eigenvalue weighted by Gasteiger charge is 2.23. The van der Waals surface area contributed by atoms with Crippen molar-refractivity contribution >= 4 is 0 Å². The van der Waals surface area contributed by atoms with Crippen LogP contribution in [-0.2, 0) is 17.8 Å². The van der Waals surface area contributed by atoms with E-state index in [1.165, 1.54) is 18.4 Å². The Kier molecular flexibility index (Phi) is 3.91. The molecule has 1 saturated heterocycles. The van der Waals surface area contributed by atoms with E-state index in [1.54, 1.807) is 0 Å². The van der Waals surface area contributed by atoms with E-state index in [9.17, 15) is 0 Å². The van der Waals surface area contributed by atoms with Gasteiger partial charge in [0.15, 0.2) is 0 Å². The molecule has 1 atom stereocenters. The van der Waals surface area contributed by atoms with Gasteiger partial charge in [0, 0.05) is 18.6 Å². The number of rotatable bonds is 5. The second-order valence-corrected chi connectivity index (χ2v) is 5.87. The van der Waals surface area contributed by atoms with Crippen LogP contribution in [0.1, 0.15) is 36.8 Å². The molecule has 0 bridgehead atoms. The molecular formula is C15H24N2O2. The van der Waals surface area contributed by atoms with Gasteiger partial charge in [-0.05, 0) is 38.3 Å². The van der Waals surface area contributed by atoms with Gasteiger partial charge in [0.05, 0.1) is 26.3 Å². The van der Waals surface area contributed by atoms with Crippen molar-refractivity contribution in [3.05, 3.63) is 23.2 Å². The minimum atomic E-state index is 0.479. The van der Waals surface area contributed by atoms with Crippen LogP contribution in [0.5, 0.6) is 0 Å². The van der Waals surface area contributed by atoms with Crippen molar-refractivity contribution in [3.8, 4) is 0 Å². The zero-order valence-corrected chi connectivity index (χ0v) is 11.9. The van der Waals surface area contributed by atoms with Gasteiger partial charge in [-0.15, -0.1) is 0 Å². The van der Waals surface area contributed by atoms with Crippen LogP contribution in [0.2, 0.25) is 0 Å². The van der Waals surface area contributed by atoms with Gasteiger partial charge in [0.25, 0.3) is 0 Å². The van der Waals surface area contributed by atoms with E-state index in [-0.39, 0.29) is 0 Å². The fourth-order valence-electron chi connectivity index (χ4n) is 2.56. The monoisotopic (exact) mass is 264 g/mol. The van der Waals surface area contributed by atoms with E-state index in [1.807, 2.05) is 0 Å². The molecule has 1 saturated carbocycles. The number of morpholine rings is 1. The van der Waals surface area contributed by atoms with E-state index < -0.39 is 0 Å². The van der Waals surface area contributed by atoms with Crippen LogP contribution in [0.3, 0.4) is 0 Å². The van der Waals surface area contributed by atoms with E-state index in [2.05, 4.69) is 30.1 Å². The summed E-state index contributed by atoms with van der Waals surface area (Å²) in [5.74, 6) is 2.18. The van der Waals surface area contributed by atoms with Gasteiger partial charge in [0.1, 0.15) is 11.5 Å². The van der Waals surface area contributed by atoms with Gasteiger partial charge in [-0.1, -0.05) is 0 Å². The molecule has 2 heterocycles. The molecule has 0 amide bonds. The van der Waals surface area contributed by atoms with E-state index >= 15 is 0 Å². The van der Waals surface area contributed by atoms with E-state index in [4.69, 9.17) is 9.15 Å². The molecule has 0 radical (unpaired) electrons. The molecule has 3 rings (SSSR count). The maximum Gasteiger partial charge on any atom is 0.120 e. The van der Waals surface area contributed by atoms with Crippen LogP contribution in [0.15, 0.2) is 10.5 Å². The van der Waals surface area contributed by atoms with Crippen molar-refractivity contribution in [2.45, 2.75) is 51.9 Å². The largest absolute Gasteiger partial charge is 0.463 e. The SMILES string of the molecule is Cc1cc(CN2CCOCC2C)oc1CNC1CC1. The Morgan fingerprint density at radius 2 is 2.26 bits per heavy atom. The summed E-state index contributed by atoms with van der Waals surface area (Å²) in [5, 5.41) is 3.51. The van der Waals surface area contributed by atoms with Gasteiger partial charge >= 0.3 is 0 Å². The lowest BCUT2D eigenvalue weighted by atomic mass is 10.2. The molecule has 1 aliphatic carbocycles. The molecule has 2 aliphatic rings. The van der Waals surface area contributed by atoms with Crippen LogP contribution in [0, 0.1) is 6.92 Å². The van der Waals surface area contributed by atoms with E-state index in [0.717, 1.165) is 50.4 Å². The summed E-state index contributed by atoms with van der Waals surface area (Å²) in [7, 11) is 0. The third kappa shape index (κ3) is 3.38. The Morgan fingerprint density at radius 3 is 3.00 bits per heavy atom. The molecule has 4 heteroatoms. The number of hydrogen-bond acceptors (Lipinski definition) is 4. The molecule has 4 nitrogen and oxygen atoms in total. The summed E-state index contributed by atoms with van der Waals surface area (Å²) in [4.78, 5) is 2.43. The molecular weight excluding hydrogens is 240 g/mol.